The minimum absolute atomic E-state index is 0.000106. The number of ether oxygens (including phenoxy) is 1. The zero-order valence-corrected chi connectivity index (χ0v) is 9.01. The predicted octanol–water partition coefficient (Wildman–Crippen LogP) is 0.549. The van der Waals surface area contributed by atoms with Crippen LogP contribution >= 0.6 is 0 Å². The van der Waals surface area contributed by atoms with Gasteiger partial charge in [0.05, 0.1) is 6.04 Å². The minimum atomic E-state index is -0.412. The Morgan fingerprint density at radius 3 is 2.93 bits per heavy atom. The number of aliphatic hydroxyl groups excluding tert-OH is 1. The summed E-state index contributed by atoms with van der Waals surface area (Å²) in [4.78, 5) is 4.11. The van der Waals surface area contributed by atoms with Gasteiger partial charge >= 0.3 is 0 Å². The molecular weight excluding hydrogens is 198 g/mol. The third-order valence-corrected chi connectivity index (χ3v) is 2.00. The Bertz CT molecular complexity index is 263. The van der Waals surface area contributed by atoms with Gasteiger partial charge in [0.15, 0.2) is 5.82 Å². The molecule has 1 aromatic rings. The SMILES string of the molecule is CCOC(C)c1noc(C(N)CCO)n1. The molecule has 0 bridgehead atoms. The third-order valence-electron chi connectivity index (χ3n) is 2.00. The number of nitrogens with zero attached hydrogens (tertiary/aromatic N) is 2. The van der Waals surface area contributed by atoms with Crippen LogP contribution in [0.2, 0.25) is 0 Å². The van der Waals surface area contributed by atoms with Gasteiger partial charge in [0.1, 0.15) is 6.10 Å². The molecule has 15 heavy (non-hydrogen) atoms. The van der Waals surface area contributed by atoms with E-state index in [0.29, 0.717) is 24.7 Å². The molecule has 6 nitrogen and oxygen atoms in total. The van der Waals surface area contributed by atoms with E-state index in [9.17, 15) is 0 Å². The number of aromatic nitrogens is 2. The number of hydrogen-bond acceptors (Lipinski definition) is 6. The molecule has 0 aliphatic rings. The molecule has 2 atom stereocenters. The molecule has 2 unspecified atom stereocenters. The van der Waals surface area contributed by atoms with Crippen LogP contribution in [0.15, 0.2) is 4.52 Å². The van der Waals surface area contributed by atoms with Crippen molar-refractivity contribution < 1.29 is 14.4 Å². The van der Waals surface area contributed by atoms with Gasteiger partial charge in [0, 0.05) is 13.2 Å². The molecule has 86 valence electrons. The average molecular weight is 215 g/mol. The van der Waals surface area contributed by atoms with Gasteiger partial charge in [-0.3, -0.25) is 0 Å². The van der Waals surface area contributed by atoms with E-state index in [1.54, 1.807) is 0 Å². The summed E-state index contributed by atoms with van der Waals surface area (Å²) >= 11 is 0. The van der Waals surface area contributed by atoms with E-state index in [1.807, 2.05) is 13.8 Å². The summed E-state index contributed by atoms with van der Waals surface area (Å²) in [6, 6.07) is -0.412. The van der Waals surface area contributed by atoms with Crippen molar-refractivity contribution >= 4 is 0 Å². The number of rotatable bonds is 6. The van der Waals surface area contributed by atoms with E-state index in [4.69, 9.17) is 20.1 Å². The van der Waals surface area contributed by atoms with Gasteiger partial charge in [-0.05, 0) is 20.3 Å². The maximum atomic E-state index is 8.70. The molecule has 1 rings (SSSR count). The van der Waals surface area contributed by atoms with Gasteiger partial charge in [-0.1, -0.05) is 5.16 Å². The summed E-state index contributed by atoms with van der Waals surface area (Å²) in [5.74, 6) is 0.825. The topological polar surface area (TPSA) is 94.4 Å². The normalized spacial score (nSPS) is 15.2. The van der Waals surface area contributed by atoms with Crippen LogP contribution in [0.25, 0.3) is 0 Å². The summed E-state index contributed by atoms with van der Waals surface area (Å²) in [5.41, 5.74) is 5.70. The second-order valence-electron chi connectivity index (χ2n) is 3.21. The summed E-state index contributed by atoms with van der Waals surface area (Å²) in [6.45, 7) is 4.33. The van der Waals surface area contributed by atoms with Gasteiger partial charge < -0.3 is 20.1 Å². The van der Waals surface area contributed by atoms with Gasteiger partial charge in [0.2, 0.25) is 5.89 Å². The van der Waals surface area contributed by atoms with Gasteiger partial charge in [-0.15, -0.1) is 0 Å². The first kappa shape index (κ1) is 12.1. The molecule has 0 fully saturated rings. The summed E-state index contributed by atoms with van der Waals surface area (Å²) in [6.07, 6.45) is 0.207. The fourth-order valence-electron chi connectivity index (χ4n) is 1.15. The Morgan fingerprint density at radius 2 is 2.33 bits per heavy atom. The van der Waals surface area contributed by atoms with E-state index < -0.39 is 6.04 Å². The van der Waals surface area contributed by atoms with Crippen LogP contribution in [-0.4, -0.2) is 28.5 Å². The highest BCUT2D eigenvalue weighted by atomic mass is 16.5. The third kappa shape index (κ3) is 3.26. The fourth-order valence-corrected chi connectivity index (χ4v) is 1.15. The van der Waals surface area contributed by atoms with Gasteiger partial charge in [-0.2, -0.15) is 4.98 Å². The molecule has 0 amide bonds. The zero-order valence-electron chi connectivity index (χ0n) is 9.01. The second kappa shape index (κ2) is 5.79. The second-order valence-corrected chi connectivity index (χ2v) is 3.21. The predicted molar refractivity (Wildman–Crippen MR) is 53.0 cm³/mol. The number of aliphatic hydroxyl groups is 1. The molecule has 0 saturated carbocycles. The van der Waals surface area contributed by atoms with Crippen LogP contribution in [-0.2, 0) is 4.74 Å². The number of hydrogen-bond donors (Lipinski definition) is 2. The van der Waals surface area contributed by atoms with E-state index in [-0.39, 0.29) is 12.7 Å². The van der Waals surface area contributed by atoms with Crippen LogP contribution in [0.5, 0.6) is 0 Å². The zero-order chi connectivity index (χ0) is 11.3. The van der Waals surface area contributed by atoms with Crippen LogP contribution < -0.4 is 5.73 Å². The van der Waals surface area contributed by atoms with Crippen molar-refractivity contribution in [2.75, 3.05) is 13.2 Å². The molecule has 0 saturated heterocycles. The maximum absolute atomic E-state index is 8.70. The lowest BCUT2D eigenvalue weighted by Crippen LogP contribution is -2.12. The average Bonchev–Trinajstić information content (AvgIpc) is 2.67. The van der Waals surface area contributed by atoms with Gasteiger partial charge in [0.25, 0.3) is 0 Å². The standard InChI is InChI=1S/C9H17N3O3/c1-3-14-6(2)8-11-9(15-12-8)7(10)4-5-13/h6-7,13H,3-5,10H2,1-2H3. The molecule has 0 aliphatic heterocycles. The van der Waals surface area contributed by atoms with Crippen molar-refractivity contribution in [1.29, 1.82) is 0 Å². The number of nitrogens with two attached hydrogens (primary N) is 1. The van der Waals surface area contributed by atoms with Crippen molar-refractivity contribution in [1.82, 2.24) is 10.1 Å². The fraction of sp³-hybridized carbons (Fsp3) is 0.778. The van der Waals surface area contributed by atoms with Crippen molar-refractivity contribution in [3.05, 3.63) is 11.7 Å². The Hall–Kier alpha value is -0.980. The molecule has 1 aromatic heterocycles. The quantitative estimate of drug-likeness (QED) is 0.719. The first-order valence-electron chi connectivity index (χ1n) is 5.00. The van der Waals surface area contributed by atoms with Crippen molar-refractivity contribution in [3.8, 4) is 0 Å². The van der Waals surface area contributed by atoms with Crippen molar-refractivity contribution in [3.63, 3.8) is 0 Å². The lowest BCUT2D eigenvalue weighted by Gasteiger charge is -2.05. The Labute approximate surface area is 88.4 Å². The molecule has 0 aromatic carbocycles. The Balaban J connectivity index is 2.62. The molecule has 0 radical (unpaired) electrons. The molecule has 3 N–H and O–H groups in total. The molecule has 0 aliphatic carbocycles. The molecule has 0 spiro atoms. The van der Waals surface area contributed by atoms with Crippen LogP contribution in [0.1, 0.15) is 44.1 Å². The van der Waals surface area contributed by atoms with E-state index in [1.165, 1.54) is 0 Å². The highest BCUT2D eigenvalue weighted by molar-refractivity contribution is 4.94. The minimum Gasteiger partial charge on any atom is -0.396 e. The first-order valence-corrected chi connectivity index (χ1v) is 5.00. The van der Waals surface area contributed by atoms with Crippen LogP contribution in [0.4, 0.5) is 0 Å². The summed E-state index contributed by atoms with van der Waals surface area (Å²) < 4.78 is 10.3. The lowest BCUT2D eigenvalue weighted by molar-refractivity contribution is 0.0683. The first-order chi connectivity index (χ1) is 7.19. The maximum Gasteiger partial charge on any atom is 0.243 e. The summed E-state index contributed by atoms with van der Waals surface area (Å²) in [7, 11) is 0. The highest BCUT2D eigenvalue weighted by Crippen LogP contribution is 2.16. The van der Waals surface area contributed by atoms with Crippen molar-refractivity contribution in [2.45, 2.75) is 32.4 Å². The highest BCUT2D eigenvalue weighted by Gasteiger charge is 2.17. The van der Waals surface area contributed by atoms with E-state index >= 15 is 0 Å². The largest absolute Gasteiger partial charge is 0.396 e. The molecule has 1 heterocycles. The van der Waals surface area contributed by atoms with Crippen LogP contribution in [0, 0.1) is 0 Å². The van der Waals surface area contributed by atoms with Gasteiger partial charge in [-0.25, -0.2) is 0 Å². The van der Waals surface area contributed by atoms with E-state index in [0.717, 1.165) is 0 Å². The van der Waals surface area contributed by atoms with E-state index in [2.05, 4.69) is 10.1 Å². The lowest BCUT2D eigenvalue weighted by atomic mass is 10.2. The van der Waals surface area contributed by atoms with Crippen molar-refractivity contribution in [2.24, 2.45) is 5.73 Å². The Kier molecular flexibility index (Phi) is 4.67. The summed E-state index contributed by atoms with van der Waals surface area (Å²) in [5, 5.41) is 12.5. The Morgan fingerprint density at radius 1 is 1.60 bits per heavy atom. The smallest absolute Gasteiger partial charge is 0.243 e. The molecular formula is C9H17N3O3. The van der Waals surface area contributed by atoms with Crippen LogP contribution in [0.3, 0.4) is 0 Å². The monoisotopic (exact) mass is 215 g/mol. The molecule has 6 heteroatoms.